The van der Waals surface area contributed by atoms with Gasteiger partial charge in [0.1, 0.15) is 5.60 Å². The summed E-state index contributed by atoms with van der Waals surface area (Å²) >= 11 is 0. The number of likely N-dealkylation sites (tertiary alicyclic amines) is 1. The van der Waals surface area contributed by atoms with E-state index >= 15 is 0 Å². The molecule has 0 saturated carbocycles. The lowest BCUT2D eigenvalue weighted by molar-refractivity contribution is -0.188. The zero-order valence-corrected chi connectivity index (χ0v) is 14.3. The molecule has 1 spiro atoms. The topological polar surface area (TPSA) is 69.5 Å². The van der Waals surface area contributed by atoms with Gasteiger partial charge in [0.2, 0.25) is 0 Å². The van der Waals surface area contributed by atoms with Gasteiger partial charge < -0.3 is 14.4 Å². The molecule has 1 amide bonds. The Morgan fingerprint density at radius 3 is 3.04 bits per heavy atom. The van der Waals surface area contributed by atoms with Crippen LogP contribution in [0.4, 0.5) is 0 Å². The van der Waals surface area contributed by atoms with Gasteiger partial charge in [-0.15, -0.1) is 0 Å². The number of carbonyl (C=O) groups is 1. The van der Waals surface area contributed by atoms with E-state index in [1.165, 1.54) is 0 Å². The minimum atomic E-state index is -0.254. The fourth-order valence-corrected chi connectivity index (χ4v) is 3.55. The molecule has 0 bridgehead atoms. The Bertz CT molecular complexity index is 740. The van der Waals surface area contributed by atoms with E-state index in [1.54, 1.807) is 23.3 Å². The lowest BCUT2D eigenvalue weighted by atomic mass is 9.84. The summed E-state index contributed by atoms with van der Waals surface area (Å²) in [6.45, 7) is 2.47. The summed E-state index contributed by atoms with van der Waals surface area (Å²) in [5.74, 6) is 0.0146. The molecule has 1 atom stereocenters. The lowest BCUT2D eigenvalue weighted by Crippen LogP contribution is -2.67. The molecule has 7 nitrogen and oxygen atoms in total. The molecule has 2 aliphatic rings. The number of hydrogen-bond donors (Lipinski definition) is 0. The van der Waals surface area contributed by atoms with Crippen molar-refractivity contribution in [3.8, 4) is 0 Å². The summed E-state index contributed by atoms with van der Waals surface area (Å²) < 4.78 is 13.7. The average Bonchev–Trinajstić information content (AvgIpc) is 3.05. The first-order valence-electron chi connectivity index (χ1n) is 8.56. The van der Waals surface area contributed by atoms with Gasteiger partial charge in [-0.05, 0) is 18.1 Å². The van der Waals surface area contributed by atoms with E-state index in [0.717, 1.165) is 18.4 Å². The van der Waals surface area contributed by atoms with Gasteiger partial charge in [-0.2, -0.15) is 5.10 Å². The Morgan fingerprint density at radius 2 is 2.32 bits per heavy atom. The standard InChI is InChI=1S/C18H22N4O3/c1-21-10-15(9-20-21)17(23)22-12-18(13-22)7-16(4-6-25-18)24-11-14-3-2-5-19-8-14/h2-3,5,8-10,16H,4,6-7,11-13H2,1H3/t16-/m1/s1. The second kappa shape index (κ2) is 6.57. The van der Waals surface area contributed by atoms with Crippen molar-refractivity contribution in [2.45, 2.75) is 31.2 Å². The van der Waals surface area contributed by atoms with E-state index in [-0.39, 0.29) is 17.6 Å². The molecule has 0 unspecified atom stereocenters. The van der Waals surface area contributed by atoms with Crippen LogP contribution in [-0.2, 0) is 23.1 Å². The number of carbonyl (C=O) groups excluding carboxylic acids is 1. The number of ether oxygens (including phenoxy) is 2. The smallest absolute Gasteiger partial charge is 0.257 e. The summed E-state index contributed by atoms with van der Waals surface area (Å²) in [5.41, 5.74) is 1.44. The summed E-state index contributed by atoms with van der Waals surface area (Å²) in [5, 5.41) is 4.06. The SMILES string of the molecule is Cn1cc(C(=O)N2CC3(C[C@H](OCc4cccnc4)CCO3)C2)cn1. The largest absolute Gasteiger partial charge is 0.373 e. The molecule has 4 rings (SSSR count). The number of aromatic nitrogens is 3. The zero-order valence-electron chi connectivity index (χ0n) is 14.3. The molecule has 25 heavy (non-hydrogen) atoms. The van der Waals surface area contributed by atoms with Crippen LogP contribution < -0.4 is 0 Å². The third-order valence-electron chi connectivity index (χ3n) is 4.85. The van der Waals surface area contributed by atoms with Crippen LogP contribution in [0.15, 0.2) is 36.9 Å². The van der Waals surface area contributed by atoms with E-state index in [4.69, 9.17) is 9.47 Å². The van der Waals surface area contributed by atoms with Gasteiger partial charge in [0.25, 0.3) is 5.91 Å². The van der Waals surface area contributed by atoms with Crippen LogP contribution in [0.25, 0.3) is 0 Å². The van der Waals surface area contributed by atoms with Crippen molar-refractivity contribution >= 4 is 5.91 Å². The molecule has 2 aromatic rings. The highest BCUT2D eigenvalue weighted by Crippen LogP contribution is 2.36. The lowest BCUT2D eigenvalue weighted by Gasteiger charge is -2.52. The molecular weight excluding hydrogens is 320 g/mol. The fraction of sp³-hybridized carbons (Fsp3) is 0.500. The van der Waals surface area contributed by atoms with Gasteiger partial charge in [-0.25, -0.2) is 0 Å². The fourth-order valence-electron chi connectivity index (χ4n) is 3.55. The minimum absolute atomic E-state index is 0.0146. The van der Waals surface area contributed by atoms with Crippen LogP contribution in [-0.4, -0.2) is 57.0 Å². The van der Waals surface area contributed by atoms with Crippen molar-refractivity contribution in [3.63, 3.8) is 0 Å². The first-order valence-corrected chi connectivity index (χ1v) is 8.56. The highest BCUT2D eigenvalue weighted by atomic mass is 16.5. The number of amides is 1. The summed E-state index contributed by atoms with van der Waals surface area (Å²) in [6, 6.07) is 3.93. The van der Waals surface area contributed by atoms with Crippen molar-refractivity contribution in [2.24, 2.45) is 7.05 Å². The number of pyridine rings is 1. The second-order valence-corrected chi connectivity index (χ2v) is 6.88. The van der Waals surface area contributed by atoms with E-state index in [9.17, 15) is 4.79 Å². The van der Waals surface area contributed by atoms with Gasteiger partial charge in [-0.3, -0.25) is 14.5 Å². The molecule has 2 aromatic heterocycles. The van der Waals surface area contributed by atoms with Crippen LogP contribution in [0.5, 0.6) is 0 Å². The molecule has 0 radical (unpaired) electrons. The molecule has 2 saturated heterocycles. The monoisotopic (exact) mass is 342 g/mol. The van der Waals surface area contributed by atoms with Gasteiger partial charge >= 0.3 is 0 Å². The minimum Gasteiger partial charge on any atom is -0.373 e. The predicted octanol–water partition coefficient (Wildman–Crippen LogP) is 1.41. The number of nitrogens with zero attached hydrogens (tertiary/aromatic N) is 4. The molecule has 0 aliphatic carbocycles. The van der Waals surface area contributed by atoms with E-state index in [1.807, 2.05) is 30.3 Å². The van der Waals surface area contributed by atoms with E-state index in [2.05, 4.69) is 10.1 Å². The molecule has 2 fully saturated rings. The molecule has 0 aromatic carbocycles. The maximum Gasteiger partial charge on any atom is 0.257 e. The van der Waals surface area contributed by atoms with Crippen molar-refractivity contribution < 1.29 is 14.3 Å². The van der Waals surface area contributed by atoms with Gasteiger partial charge in [0.15, 0.2) is 0 Å². The average molecular weight is 342 g/mol. The van der Waals surface area contributed by atoms with E-state index < -0.39 is 0 Å². The van der Waals surface area contributed by atoms with Crippen molar-refractivity contribution in [2.75, 3.05) is 19.7 Å². The maximum absolute atomic E-state index is 12.4. The third kappa shape index (κ3) is 3.43. The Balaban J connectivity index is 1.31. The van der Waals surface area contributed by atoms with Crippen molar-refractivity contribution in [1.82, 2.24) is 19.7 Å². The summed E-state index contributed by atoms with van der Waals surface area (Å²) in [4.78, 5) is 18.4. The normalized spacial score (nSPS) is 22.0. The van der Waals surface area contributed by atoms with Crippen LogP contribution >= 0.6 is 0 Å². The van der Waals surface area contributed by atoms with Crippen LogP contribution in [0.1, 0.15) is 28.8 Å². The third-order valence-corrected chi connectivity index (χ3v) is 4.85. The van der Waals surface area contributed by atoms with Crippen LogP contribution in [0.2, 0.25) is 0 Å². The number of hydrogen-bond acceptors (Lipinski definition) is 5. The highest BCUT2D eigenvalue weighted by Gasteiger charge is 2.49. The predicted molar refractivity (Wildman–Crippen MR) is 89.8 cm³/mol. The first kappa shape index (κ1) is 16.2. The number of aryl methyl sites for hydroxylation is 1. The highest BCUT2D eigenvalue weighted by molar-refractivity contribution is 5.94. The van der Waals surface area contributed by atoms with Crippen molar-refractivity contribution in [1.29, 1.82) is 0 Å². The first-order chi connectivity index (χ1) is 12.1. The quantitative estimate of drug-likeness (QED) is 0.840. The Labute approximate surface area is 146 Å². The molecule has 0 N–H and O–H groups in total. The van der Waals surface area contributed by atoms with Gasteiger partial charge in [0, 0.05) is 38.7 Å². The molecule has 4 heterocycles. The Hall–Kier alpha value is -2.25. The summed E-state index contributed by atoms with van der Waals surface area (Å²) in [6.07, 6.45) is 8.80. The second-order valence-electron chi connectivity index (χ2n) is 6.88. The molecule has 7 heteroatoms. The molecule has 132 valence electrons. The van der Waals surface area contributed by atoms with Crippen molar-refractivity contribution in [3.05, 3.63) is 48.0 Å². The summed E-state index contributed by atoms with van der Waals surface area (Å²) in [7, 11) is 1.81. The Morgan fingerprint density at radius 1 is 1.44 bits per heavy atom. The Kier molecular flexibility index (Phi) is 4.27. The van der Waals surface area contributed by atoms with Gasteiger partial charge in [0.05, 0.1) is 37.6 Å². The van der Waals surface area contributed by atoms with E-state index in [0.29, 0.717) is 31.9 Å². The molecular formula is C18H22N4O3. The maximum atomic E-state index is 12.4. The van der Waals surface area contributed by atoms with Crippen LogP contribution in [0, 0.1) is 0 Å². The zero-order chi connectivity index (χ0) is 17.3. The van der Waals surface area contributed by atoms with Crippen LogP contribution in [0.3, 0.4) is 0 Å². The number of rotatable bonds is 4. The molecule has 2 aliphatic heterocycles. The van der Waals surface area contributed by atoms with Gasteiger partial charge in [-0.1, -0.05) is 6.07 Å².